The number of fused-ring (bicyclic) bond motifs is 1. The summed E-state index contributed by atoms with van der Waals surface area (Å²) in [6, 6.07) is 16.6. The fourth-order valence-corrected chi connectivity index (χ4v) is 4.32. The summed E-state index contributed by atoms with van der Waals surface area (Å²) in [4.78, 5) is 19.8. The number of anilines is 2. The van der Waals surface area contributed by atoms with Crippen LogP contribution in [0.15, 0.2) is 67.0 Å². The van der Waals surface area contributed by atoms with Crippen LogP contribution in [0.2, 0.25) is 5.02 Å². The van der Waals surface area contributed by atoms with Crippen LogP contribution >= 0.6 is 11.6 Å². The average Bonchev–Trinajstić information content (AvgIpc) is 3.25. The Morgan fingerprint density at radius 3 is 2.79 bits per heavy atom. The van der Waals surface area contributed by atoms with Gasteiger partial charge in [-0.25, -0.2) is 4.98 Å². The summed E-state index contributed by atoms with van der Waals surface area (Å²) in [5.74, 6) is 0.366. The monoisotopic (exact) mass is 476 g/mol. The quantitative estimate of drug-likeness (QED) is 0.426. The Morgan fingerprint density at radius 1 is 1.12 bits per heavy atom. The third-order valence-corrected chi connectivity index (χ3v) is 6.00. The van der Waals surface area contributed by atoms with Gasteiger partial charge >= 0.3 is 0 Å². The summed E-state index contributed by atoms with van der Waals surface area (Å²) >= 11 is 6.49. The Labute approximate surface area is 202 Å². The number of pyridine rings is 1. The summed E-state index contributed by atoms with van der Waals surface area (Å²) in [7, 11) is 0. The van der Waals surface area contributed by atoms with E-state index in [0.717, 1.165) is 35.7 Å². The molecule has 0 aliphatic carbocycles. The third-order valence-electron chi connectivity index (χ3n) is 5.69. The van der Waals surface area contributed by atoms with Crippen molar-refractivity contribution in [1.29, 1.82) is 0 Å². The zero-order valence-electron chi connectivity index (χ0n) is 18.8. The van der Waals surface area contributed by atoms with E-state index in [2.05, 4.69) is 15.2 Å². The van der Waals surface area contributed by atoms with Gasteiger partial charge in [-0.3, -0.25) is 4.79 Å². The fourth-order valence-electron chi connectivity index (χ4n) is 4.03. The maximum Gasteiger partial charge on any atom is 0.255 e. The lowest BCUT2D eigenvalue weighted by atomic mass is 10.1. The van der Waals surface area contributed by atoms with Gasteiger partial charge in [-0.1, -0.05) is 29.8 Å². The Hall–Kier alpha value is -3.55. The maximum absolute atomic E-state index is 13.1. The number of hydrogen-bond acceptors (Lipinski definition) is 5. The van der Waals surface area contributed by atoms with Gasteiger partial charge in [0.25, 0.3) is 5.91 Å². The van der Waals surface area contributed by atoms with E-state index >= 15 is 0 Å². The highest BCUT2D eigenvalue weighted by atomic mass is 35.5. The third kappa shape index (κ3) is 4.85. The van der Waals surface area contributed by atoms with Crippen LogP contribution in [-0.2, 0) is 11.3 Å². The van der Waals surface area contributed by atoms with Crippen molar-refractivity contribution < 1.29 is 14.3 Å². The molecule has 8 heteroatoms. The SMILES string of the molecule is Cc1ccc2nc(COc3cccc(C(=O)Nc4cccc(Cl)c4N4CCOCC4)c3)cn2c1. The smallest absolute Gasteiger partial charge is 0.255 e. The number of morpholine rings is 1. The van der Waals surface area contributed by atoms with Crippen molar-refractivity contribution in [3.8, 4) is 5.75 Å². The minimum atomic E-state index is -0.231. The molecule has 1 N–H and O–H groups in total. The molecule has 3 heterocycles. The predicted octanol–water partition coefficient (Wildman–Crippen LogP) is 4.96. The number of amides is 1. The van der Waals surface area contributed by atoms with Gasteiger partial charge in [-0.2, -0.15) is 0 Å². The maximum atomic E-state index is 13.1. The Balaban J connectivity index is 1.29. The van der Waals surface area contributed by atoms with Crippen molar-refractivity contribution in [3.05, 3.63) is 88.8 Å². The number of carbonyl (C=O) groups excluding carboxylic acids is 1. The molecule has 4 aromatic rings. The second-order valence-electron chi connectivity index (χ2n) is 8.21. The highest BCUT2D eigenvalue weighted by Crippen LogP contribution is 2.34. The average molecular weight is 477 g/mol. The molecule has 1 saturated heterocycles. The van der Waals surface area contributed by atoms with E-state index in [4.69, 9.17) is 21.1 Å². The van der Waals surface area contributed by atoms with E-state index in [0.29, 0.717) is 41.8 Å². The van der Waals surface area contributed by atoms with Crippen LogP contribution in [0.25, 0.3) is 5.65 Å². The van der Waals surface area contributed by atoms with E-state index in [1.807, 2.05) is 60.1 Å². The van der Waals surface area contributed by atoms with Crippen LogP contribution in [-0.4, -0.2) is 41.6 Å². The molecule has 5 rings (SSSR count). The number of ether oxygens (including phenoxy) is 2. The number of halogens is 1. The summed E-state index contributed by atoms with van der Waals surface area (Å²) in [5.41, 5.74) is 4.83. The van der Waals surface area contributed by atoms with Crippen LogP contribution < -0.4 is 15.0 Å². The lowest BCUT2D eigenvalue weighted by Crippen LogP contribution is -2.37. The number of nitrogens with one attached hydrogen (secondary N) is 1. The number of aryl methyl sites for hydroxylation is 1. The van der Waals surface area contributed by atoms with Crippen LogP contribution in [0.1, 0.15) is 21.6 Å². The predicted molar refractivity (Wildman–Crippen MR) is 133 cm³/mol. The first-order valence-electron chi connectivity index (χ1n) is 11.2. The minimum absolute atomic E-state index is 0.231. The van der Waals surface area contributed by atoms with Gasteiger partial charge in [0.2, 0.25) is 0 Å². The second kappa shape index (κ2) is 9.75. The van der Waals surface area contributed by atoms with Gasteiger partial charge in [0.1, 0.15) is 18.0 Å². The highest BCUT2D eigenvalue weighted by molar-refractivity contribution is 6.34. The van der Waals surface area contributed by atoms with Gasteiger partial charge < -0.3 is 24.1 Å². The lowest BCUT2D eigenvalue weighted by molar-refractivity contribution is 0.102. The molecule has 1 aliphatic rings. The van der Waals surface area contributed by atoms with Gasteiger partial charge in [0.15, 0.2) is 0 Å². The molecule has 0 bridgehead atoms. The van der Waals surface area contributed by atoms with Crippen LogP contribution in [0.5, 0.6) is 5.75 Å². The standard InChI is InChI=1S/C26H25ClN4O3/c1-18-8-9-24-28-20(16-31(24)15-18)17-34-21-5-2-4-19(14-21)26(32)29-23-7-3-6-22(27)25(23)30-10-12-33-13-11-30/h2-9,14-16H,10-13,17H2,1H3,(H,29,32). The molecule has 34 heavy (non-hydrogen) atoms. The molecular weight excluding hydrogens is 452 g/mol. The molecule has 2 aromatic heterocycles. The van der Waals surface area contributed by atoms with Crippen molar-refractivity contribution in [1.82, 2.24) is 9.38 Å². The first-order valence-corrected chi connectivity index (χ1v) is 11.5. The molecule has 0 unspecified atom stereocenters. The van der Waals surface area contributed by atoms with E-state index in [1.54, 1.807) is 18.2 Å². The summed E-state index contributed by atoms with van der Waals surface area (Å²) in [6.07, 6.45) is 3.98. The molecule has 2 aromatic carbocycles. The van der Waals surface area contributed by atoms with Crippen LogP contribution in [0.3, 0.4) is 0 Å². The molecular formula is C26H25ClN4O3. The van der Waals surface area contributed by atoms with Gasteiger partial charge in [0.05, 0.1) is 35.3 Å². The van der Waals surface area contributed by atoms with Crippen molar-refractivity contribution in [2.75, 3.05) is 36.5 Å². The molecule has 0 radical (unpaired) electrons. The largest absolute Gasteiger partial charge is 0.487 e. The summed E-state index contributed by atoms with van der Waals surface area (Å²) < 4.78 is 13.4. The topological polar surface area (TPSA) is 68.1 Å². The van der Waals surface area contributed by atoms with Crippen molar-refractivity contribution in [2.24, 2.45) is 0 Å². The molecule has 7 nitrogen and oxygen atoms in total. The van der Waals surface area contributed by atoms with Gasteiger partial charge in [0, 0.05) is 31.0 Å². The molecule has 1 amide bonds. The number of carbonyl (C=O) groups is 1. The molecule has 0 atom stereocenters. The molecule has 1 aliphatic heterocycles. The number of aromatic nitrogens is 2. The van der Waals surface area contributed by atoms with Gasteiger partial charge in [-0.05, 0) is 48.9 Å². The first-order chi connectivity index (χ1) is 16.6. The molecule has 0 saturated carbocycles. The number of para-hydroxylation sites is 1. The Kier molecular flexibility index (Phi) is 6.38. The number of benzene rings is 2. The number of imidazole rings is 1. The minimum Gasteiger partial charge on any atom is -0.487 e. The first kappa shape index (κ1) is 22.3. The van der Waals surface area contributed by atoms with Crippen molar-refractivity contribution in [2.45, 2.75) is 13.5 Å². The van der Waals surface area contributed by atoms with Gasteiger partial charge in [-0.15, -0.1) is 0 Å². The summed E-state index contributed by atoms with van der Waals surface area (Å²) in [6.45, 7) is 5.05. The summed E-state index contributed by atoms with van der Waals surface area (Å²) in [5, 5.41) is 3.61. The van der Waals surface area contributed by atoms with E-state index in [9.17, 15) is 4.79 Å². The second-order valence-corrected chi connectivity index (χ2v) is 8.62. The molecule has 174 valence electrons. The zero-order valence-corrected chi connectivity index (χ0v) is 19.6. The lowest BCUT2D eigenvalue weighted by Gasteiger charge is -2.31. The number of hydrogen-bond donors (Lipinski definition) is 1. The molecule has 1 fully saturated rings. The van der Waals surface area contributed by atoms with Crippen molar-refractivity contribution >= 4 is 34.5 Å². The Bertz CT molecular complexity index is 1330. The van der Waals surface area contributed by atoms with Crippen LogP contribution in [0, 0.1) is 6.92 Å². The van der Waals surface area contributed by atoms with Crippen LogP contribution in [0.4, 0.5) is 11.4 Å². The number of rotatable bonds is 6. The Morgan fingerprint density at radius 2 is 1.94 bits per heavy atom. The van der Waals surface area contributed by atoms with Crippen molar-refractivity contribution in [3.63, 3.8) is 0 Å². The number of nitrogens with zero attached hydrogens (tertiary/aromatic N) is 3. The zero-order chi connectivity index (χ0) is 23.5. The van der Waals surface area contributed by atoms with E-state index < -0.39 is 0 Å². The normalized spacial score (nSPS) is 13.8. The van der Waals surface area contributed by atoms with E-state index in [1.165, 1.54) is 0 Å². The highest BCUT2D eigenvalue weighted by Gasteiger charge is 2.19. The molecule has 0 spiro atoms. The fraction of sp³-hybridized carbons (Fsp3) is 0.231. The van der Waals surface area contributed by atoms with E-state index in [-0.39, 0.29) is 5.91 Å².